The van der Waals surface area contributed by atoms with Crippen LogP contribution in [0.15, 0.2) is 24.3 Å². The van der Waals surface area contributed by atoms with Crippen LogP contribution in [-0.2, 0) is 9.53 Å². The predicted octanol–water partition coefficient (Wildman–Crippen LogP) is 2.01. The van der Waals surface area contributed by atoms with E-state index in [0.717, 1.165) is 0 Å². The molecule has 1 fully saturated rings. The molecule has 126 valence electrons. The zero-order chi connectivity index (χ0) is 17.2. The molecule has 0 radical (unpaired) electrons. The van der Waals surface area contributed by atoms with Crippen LogP contribution >= 0.6 is 0 Å². The lowest BCUT2D eigenvalue weighted by Gasteiger charge is -2.39. The fraction of sp³-hybridized carbons (Fsp3) is 0.533. The van der Waals surface area contributed by atoms with Crippen LogP contribution in [0.25, 0.3) is 0 Å². The molecule has 2 unspecified atom stereocenters. The maximum Gasteiger partial charge on any atom is 0.333 e. The van der Waals surface area contributed by atoms with Crippen LogP contribution in [0.5, 0.6) is 0 Å². The fourth-order valence-electron chi connectivity index (χ4n) is 2.40. The van der Waals surface area contributed by atoms with E-state index in [9.17, 15) is 19.3 Å². The lowest BCUT2D eigenvalue weighted by molar-refractivity contribution is -0.384. The second-order valence-corrected chi connectivity index (χ2v) is 6.30. The van der Waals surface area contributed by atoms with Gasteiger partial charge >= 0.3 is 5.97 Å². The van der Waals surface area contributed by atoms with Crippen LogP contribution in [0.3, 0.4) is 0 Å². The molecule has 1 aromatic rings. The summed E-state index contributed by atoms with van der Waals surface area (Å²) in [5, 5.41) is 13.3. The maximum absolute atomic E-state index is 14.3. The number of piperazine rings is 1. The highest BCUT2D eigenvalue weighted by atomic mass is 19.1. The Hall–Kier alpha value is -2.22. The molecule has 1 aliphatic rings. The number of non-ortho nitro benzene ring substituents is 1. The van der Waals surface area contributed by atoms with Crippen LogP contribution in [0.1, 0.15) is 20.8 Å². The Balaban J connectivity index is 2.26. The lowest BCUT2D eigenvalue weighted by Crippen LogP contribution is -2.60. The Kier molecular flexibility index (Phi) is 4.84. The van der Waals surface area contributed by atoms with Gasteiger partial charge in [-0.25, -0.2) is 9.18 Å². The molecular weight excluding hydrogens is 305 g/mol. The number of carbonyl (C=O) groups excluding carboxylic acids is 1. The largest absolute Gasteiger partial charge is 0.458 e. The lowest BCUT2D eigenvalue weighted by atomic mass is 10.1. The number of halogens is 1. The Bertz CT molecular complexity index is 585. The van der Waals surface area contributed by atoms with Crippen molar-refractivity contribution in [2.45, 2.75) is 38.7 Å². The summed E-state index contributed by atoms with van der Waals surface area (Å²) >= 11 is 0. The van der Waals surface area contributed by atoms with Gasteiger partial charge in [0.1, 0.15) is 5.60 Å². The first kappa shape index (κ1) is 17.1. The number of benzene rings is 1. The highest BCUT2D eigenvalue weighted by Crippen LogP contribution is 2.25. The van der Waals surface area contributed by atoms with Crippen LogP contribution in [0, 0.1) is 10.1 Å². The van der Waals surface area contributed by atoms with Crippen molar-refractivity contribution in [3.63, 3.8) is 0 Å². The zero-order valence-corrected chi connectivity index (χ0v) is 13.3. The Labute approximate surface area is 133 Å². The first-order chi connectivity index (χ1) is 10.7. The van der Waals surface area contributed by atoms with Crippen molar-refractivity contribution in [1.82, 2.24) is 5.32 Å². The monoisotopic (exact) mass is 325 g/mol. The zero-order valence-electron chi connectivity index (χ0n) is 13.3. The van der Waals surface area contributed by atoms with E-state index in [2.05, 4.69) is 5.32 Å². The number of nitrogens with one attached hydrogen (secondary N) is 1. The molecule has 1 aromatic carbocycles. The molecule has 7 nitrogen and oxygen atoms in total. The summed E-state index contributed by atoms with van der Waals surface area (Å²) in [6, 6.07) is 4.54. The highest BCUT2D eigenvalue weighted by Gasteiger charge is 2.40. The number of esters is 1. The highest BCUT2D eigenvalue weighted by molar-refractivity contribution is 5.81. The molecule has 0 aliphatic carbocycles. The molecule has 1 saturated heterocycles. The number of nitro benzene ring substituents is 1. The fourth-order valence-corrected chi connectivity index (χ4v) is 2.40. The second kappa shape index (κ2) is 6.49. The van der Waals surface area contributed by atoms with Gasteiger partial charge < -0.3 is 9.64 Å². The molecule has 0 bridgehead atoms. The van der Waals surface area contributed by atoms with E-state index in [1.54, 1.807) is 25.7 Å². The molecule has 1 N–H and O–H groups in total. The minimum absolute atomic E-state index is 0.0606. The average molecular weight is 325 g/mol. The third-order valence-corrected chi connectivity index (χ3v) is 3.35. The summed E-state index contributed by atoms with van der Waals surface area (Å²) in [5.74, 6) is -0.671. The Morgan fingerprint density at radius 3 is 2.52 bits per heavy atom. The molecule has 0 spiro atoms. The number of anilines is 1. The maximum atomic E-state index is 14.3. The molecule has 0 amide bonds. The van der Waals surface area contributed by atoms with Crippen molar-refractivity contribution in [3.8, 4) is 0 Å². The summed E-state index contributed by atoms with van der Waals surface area (Å²) < 4.78 is 19.5. The summed E-state index contributed by atoms with van der Waals surface area (Å²) in [7, 11) is 0. The first-order valence-corrected chi connectivity index (χ1v) is 7.30. The van der Waals surface area contributed by atoms with Gasteiger partial charge in [-0.15, -0.1) is 0 Å². The number of ether oxygens (including phenoxy) is 1. The standard InChI is InChI=1S/C15H20FN3O4/c1-15(2,3)23-14(20)12-13(16)17-8-9-18(12)10-4-6-11(7-5-10)19(21)22/h4-7,12-13,17H,8-9H2,1-3H3. The number of hydrogen-bond donors (Lipinski definition) is 1. The van der Waals surface area contributed by atoms with E-state index in [1.807, 2.05) is 0 Å². The average Bonchev–Trinajstić information content (AvgIpc) is 2.45. The van der Waals surface area contributed by atoms with Crippen molar-refractivity contribution in [3.05, 3.63) is 34.4 Å². The van der Waals surface area contributed by atoms with Gasteiger partial charge in [0.25, 0.3) is 5.69 Å². The van der Waals surface area contributed by atoms with E-state index in [0.29, 0.717) is 18.8 Å². The number of hydrogen-bond acceptors (Lipinski definition) is 6. The number of carbonyl (C=O) groups is 1. The van der Waals surface area contributed by atoms with Gasteiger partial charge in [-0.05, 0) is 32.9 Å². The van der Waals surface area contributed by atoms with Gasteiger partial charge in [-0.1, -0.05) is 0 Å². The van der Waals surface area contributed by atoms with Crippen molar-refractivity contribution in [2.75, 3.05) is 18.0 Å². The van der Waals surface area contributed by atoms with Gasteiger partial charge in [0.05, 0.1) is 4.92 Å². The minimum atomic E-state index is -1.58. The van der Waals surface area contributed by atoms with E-state index in [4.69, 9.17) is 4.74 Å². The number of nitrogens with zero attached hydrogens (tertiary/aromatic N) is 2. The van der Waals surface area contributed by atoms with Gasteiger partial charge in [-0.2, -0.15) is 0 Å². The van der Waals surface area contributed by atoms with Crippen LogP contribution in [-0.4, -0.2) is 41.9 Å². The third kappa shape index (κ3) is 4.16. The van der Waals surface area contributed by atoms with Crippen molar-refractivity contribution < 1.29 is 18.8 Å². The Morgan fingerprint density at radius 1 is 1.39 bits per heavy atom. The van der Waals surface area contributed by atoms with Crippen LogP contribution < -0.4 is 10.2 Å². The van der Waals surface area contributed by atoms with Crippen LogP contribution in [0.4, 0.5) is 15.8 Å². The smallest absolute Gasteiger partial charge is 0.333 e. The molecule has 2 rings (SSSR count). The summed E-state index contributed by atoms with van der Waals surface area (Å²) in [5.41, 5.74) is -0.250. The van der Waals surface area contributed by atoms with Gasteiger partial charge in [0, 0.05) is 30.9 Å². The third-order valence-electron chi connectivity index (χ3n) is 3.35. The SMILES string of the molecule is CC(C)(C)OC(=O)C1C(F)NCCN1c1ccc([N+](=O)[O-])cc1. The van der Waals surface area contributed by atoms with Crippen molar-refractivity contribution in [2.24, 2.45) is 0 Å². The number of alkyl halides is 1. The molecule has 0 aromatic heterocycles. The molecular formula is C15H20FN3O4. The normalized spacial score (nSPS) is 21.8. The minimum Gasteiger partial charge on any atom is -0.458 e. The molecule has 0 saturated carbocycles. The second-order valence-electron chi connectivity index (χ2n) is 6.30. The van der Waals surface area contributed by atoms with E-state index >= 15 is 0 Å². The molecule has 1 aliphatic heterocycles. The van der Waals surface area contributed by atoms with Crippen molar-refractivity contribution in [1.29, 1.82) is 0 Å². The quantitative estimate of drug-likeness (QED) is 0.396. The topological polar surface area (TPSA) is 84.7 Å². The first-order valence-electron chi connectivity index (χ1n) is 7.30. The molecule has 2 atom stereocenters. The van der Waals surface area contributed by atoms with Gasteiger partial charge in [0.15, 0.2) is 12.3 Å². The van der Waals surface area contributed by atoms with Crippen LogP contribution in [0.2, 0.25) is 0 Å². The number of rotatable bonds is 3. The Morgan fingerprint density at radius 2 is 2.00 bits per heavy atom. The van der Waals surface area contributed by atoms with E-state index < -0.39 is 28.8 Å². The van der Waals surface area contributed by atoms with Gasteiger partial charge in [-0.3, -0.25) is 15.4 Å². The summed E-state index contributed by atoms with van der Waals surface area (Å²) in [6.45, 7) is 5.89. The number of nitro groups is 1. The summed E-state index contributed by atoms with van der Waals surface area (Å²) in [6.07, 6.45) is -1.58. The molecule has 23 heavy (non-hydrogen) atoms. The molecule has 1 heterocycles. The summed E-state index contributed by atoms with van der Waals surface area (Å²) in [4.78, 5) is 24.1. The van der Waals surface area contributed by atoms with Gasteiger partial charge in [0.2, 0.25) is 0 Å². The molecule has 8 heteroatoms. The predicted molar refractivity (Wildman–Crippen MR) is 83.0 cm³/mol. The van der Waals surface area contributed by atoms with Crippen molar-refractivity contribution >= 4 is 17.3 Å². The van der Waals surface area contributed by atoms with E-state index in [1.165, 1.54) is 24.3 Å². The van der Waals surface area contributed by atoms with E-state index in [-0.39, 0.29) is 5.69 Å².